The number of halogens is 1. The van der Waals surface area contributed by atoms with Crippen molar-refractivity contribution in [3.63, 3.8) is 0 Å². The van der Waals surface area contributed by atoms with Gasteiger partial charge in [0, 0.05) is 30.6 Å². The van der Waals surface area contributed by atoms with E-state index in [4.69, 9.17) is 9.26 Å². The quantitative estimate of drug-likeness (QED) is 0.632. The molecule has 0 saturated carbocycles. The van der Waals surface area contributed by atoms with E-state index in [-0.39, 0.29) is 18.1 Å². The molecular weight excluding hydrogens is 349 g/mol. The Hall–Kier alpha value is -3.22. The SMILES string of the molecule is CCN(C(=O)CCc1nc(-c2ccc(OC)cc2)no1)c1ccc(F)cc1. The smallest absolute Gasteiger partial charge is 0.227 e. The van der Waals surface area contributed by atoms with Gasteiger partial charge in [0.2, 0.25) is 17.6 Å². The molecule has 0 bridgehead atoms. The van der Waals surface area contributed by atoms with Gasteiger partial charge in [-0.2, -0.15) is 4.98 Å². The van der Waals surface area contributed by atoms with Gasteiger partial charge in [0.05, 0.1) is 7.11 Å². The highest BCUT2D eigenvalue weighted by Crippen LogP contribution is 2.21. The molecule has 140 valence electrons. The minimum Gasteiger partial charge on any atom is -0.497 e. The van der Waals surface area contributed by atoms with Crippen LogP contribution in [0.4, 0.5) is 10.1 Å². The van der Waals surface area contributed by atoms with Gasteiger partial charge in [-0.3, -0.25) is 4.79 Å². The molecule has 1 aromatic heterocycles. The predicted molar refractivity (Wildman–Crippen MR) is 99.0 cm³/mol. The number of amides is 1. The summed E-state index contributed by atoms with van der Waals surface area (Å²) in [5, 5.41) is 3.96. The monoisotopic (exact) mass is 369 g/mol. The molecule has 1 heterocycles. The summed E-state index contributed by atoms with van der Waals surface area (Å²) < 4.78 is 23.4. The lowest BCUT2D eigenvalue weighted by molar-refractivity contribution is -0.118. The molecule has 0 aliphatic carbocycles. The third-order valence-electron chi connectivity index (χ3n) is 4.12. The van der Waals surface area contributed by atoms with Crippen LogP contribution in [-0.4, -0.2) is 29.7 Å². The number of carbonyl (C=O) groups is 1. The van der Waals surface area contributed by atoms with Crippen LogP contribution in [0.15, 0.2) is 53.1 Å². The fourth-order valence-corrected chi connectivity index (χ4v) is 2.69. The van der Waals surface area contributed by atoms with Gasteiger partial charge in [0.25, 0.3) is 0 Å². The Morgan fingerprint density at radius 2 is 1.85 bits per heavy atom. The van der Waals surface area contributed by atoms with Crippen LogP contribution in [0.25, 0.3) is 11.4 Å². The van der Waals surface area contributed by atoms with Crippen molar-refractivity contribution in [2.45, 2.75) is 19.8 Å². The van der Waals surface area contributed by atoms with Crippen molar-refractivity contribution >= 4 is 11.6 Å². The topological polar surface area (TPSA) is 68.5 Å². The zero-order valence-corrected chi connectivity index (χ0v) is 15.2. The number of nitrogens with zero attached hydrogens (tertiary/aromatic N) is 3. The summed E-state index contributed by atoms with van der Waals surface area (Å²) in [6, 6.07) is 13.2. The molecule has 0 atom stereocenters. The molecule has 0 fully saturated rings. The number of anilines is 1. The number of ether oxygens (including phenoxy) is 1. The van der Waals surface area contributed by atoms with Gasteiger partial charge in [0.15, 0.2) is 0 Å². The summed E-state index contributed by atoms with van der Waals surface area (Å²) in [4.78, 5) is 18.4. The highest BCUT2D eigenvalue weighted by atomic mass is 19.1. The molecular formula is C20H20FN3O3. The van der Waals surface area contributed by atoms with Gasteiger partial charge < -0.3 is 14.2 Å². The summed E-state index contributed by atoms with van der Waals surface area (Å²) in [6.45, 7) is 2.36. The molecule has 0 aliphatic rings. The molecule has 1 amide bonds. The molecule has 6 nitrogen and oxygen atoms in total. The normalized spacial score (nSPS) is 10.6. The number of hydrogen-bond donors (Lipinski definition) is 0. The Balaban J connectivity index is 1.63. The van der Waals surface area contributed by atoms with Gasteiger partial charge >= 0.3 is 0 Å². The Kier molecular flexibility index (Phi) is 5.80. The first-order valence-corrected chi connectivity index (χ1v) is 8.63. The molecule has 27 heavy (non-hydrogen) atoms. The average molecular weight is 369 g/mol. The molecule has 7 heteroatoms. The third-order valence-corrected chi connectivity index (χ3v) is 4.12. The van der Waals surface area contributed by atoms with Gasteiger partial charge in [-0.05, 0) is 55.5 Å². The van der Waals surface area contributed by atoms with Gasteiger partial charge in [-0.25, -0.2) is 4.39 Å². The van der Waals surface area contributed by atoms with Gasteiger partial charge in [0.1, 0.15) is 11.6 Å². The van der Waals surface area contributed by atoms with Crippen LogP contribution >= 0.6 is 0 Å². The number of hydrogen-bond acceptors (Lipinski definition) is 5. The maximum absolute atomic E-state index is 13.1. The molecule has 0 spiro atoms. The minimum atomic E-state index is -0.334. The van der Waals surface area contributed by atoms with Gasteiger partial charge in [-0.15, -0.1) is 0 Å². The lowest BCUT2D eigenvalue weighted by atomic mass is 10.2. The first-order valence-electron chi connectivity index (χ1n) is 8.63. The molecule has 0 unspecified atom stereocenters. The van der Waals surface area contributed by atoms with Crippen molar-refractivity contribution in [3.8, 4) is 17.1 Å². The number of carbonyl (C=O) groups excluding carboxylic acids is 1. The largest absolute Gasteiger partial charge is 0.497 e. The first-order chi connectivity index (χ1) is 13.1. The minimum absolute atomic E-state index is 0.0895. The van der Waals surface area contributed by atoms with E-state index in [1.54, 1.807) is 24.1 Å². The second kappa shape index (κ2) is 8.44. The Morgan fingerprint density at radius 1 is 1.15 bits per heavy atom. The van der Waals surface area contributed by atoms with Crippen LogP contribution in [0.1, 0.15) is 19.2 Å². The number of rotatable bonds is 7. The second-order valence-electron chi connectivity index (χ2n) is 5.85. The second-order valence-corrected chi connectivity index (χ2v) is 5.85. The average Bonchev–Trinajstić information content (AvgIpc) is 3.17. The van der Waals surface area contributed by atoms with E-state index in [0.717, 1.165) is 11.3 Å². The van der Waals surface area contributed by atoms with Crippen molar-refractivity contribution < 1.29 is 18.4 Å². The van der Waals surface area contributed by atoms with Crippen molar-refractivity contribution in [2.24, 2.45) is 0 Å². The summed E-state index contributed by atoms with van der Waals surface area (Å²) in [6.07, 6.45) is 0.551. The summed E-state index contributed by atoms with van der Waals surface area (Å²) in [5.74, 6) is 1.18. The van der Waals surface area contributed by atoms with Crippen LogP contribution in [0.3, 0.4) is 0 Å². The number of benzene rings is 2. The molecule has 2 aromatic carbocycles. The van der Waals surface area contributed by atoms with Crippen LogP contribution in [-0.2, 0) is 11.2 Å². The Labute approximate surface area is 156 Å². The molecule has 0 N–H and O–H groups in total. The highest BCUT2D eigenvalue weighted by Gasteiger charge is 2.16. The zero-order valence-electron chi connectivity index (χ0n) is 15.2. The number of aryl methyl sites for hydroxylation is 1. The van der Waals surface area contributed by atoms with E-state index in [0.29, 0.717) is 30.4 Å². The number of aromatic nitrogens is 2. The van der Waals surface area contributed by atoms with E-state index in [9.17, 15) is 9.18 Å². The van der Waals surface area contributed by atoms with E-state index >= 15 is 0 Å². The van der Waals surface area contributed by atoms with Gasteiger partial charge in [-0.1, -0.05) is 5.16 Å². The Bertz CT molecular complexity index is 892. The third kappa shape index (κ3) is 4.49. The lowest BCUT2D eigenvalue weighted by Crippen LogP contribution is -2.30. The number of methoxy groups -OCH3 is 1. The van der Waals surface area contributed by atoms with Crippen LogP contribution in [0.5, 0.6) is 5.75 Å². The molecule has 0 aliphatic heterocycles. The fraction of sp³-hybridized carbons (Fsp3) is 0.250. The van der Waals surface area contributed by atoms with Crippen LogP contribution < -0.4 is 9.64 Å². The predicted octanol–water partition coefficient (Wildman–Crippen LogP) is 3.87. The standard InChI is InChI=1S/C20H20FN3O3/c1-3-24(16-8-6-15(21)7-9-16)19(25)13-12-18-22-20(23-27-18)14-4-10-17(26-2)11-5-14/h4-11H,3,12-13H2,1-2H3. The fourth-order valence-electron chi connectivity index (χ4n) is 2.69. The Morgan fingerprint density at radius 3 is 2.48 bits per heavy atom. The summed E-state index contributed by atoms with van der Waals surface area (Å²) in [7, 11) is 1.60. The molecule has 3 aromatic rings. The first kappa shape index (κ1) is 18.6. The maximum atomic E-state index is 13.1. The summed E-state index contributed by atoms with van der Waals surface area (Å²) in [5.41, 5.74) is 1.46. The lowest BCUT2D eigenvalue weighted by Gasteiger charge is -2.20. The van der Waals surface area contributed by atoms with Crippen LogP contribution in [0.2, 0.25) is 0 Å². The molecule has 3 rings (SSSR count). The zero-order chi connectivity index (χ0) is 19.2. The van der Waals surface area contributed by atoms with E-state index < -0.39 is 0 Å². The maximum Gasteiger partial charge on any atom is 0.227 e. The van der Waals surface area contributed by atoms with Crippen molar-refractivity contribution in [3.05, 3.63) is 60.2 Å². The van der Waals surface area contributed by atoms with Crippen molar-refractivity contribution in [1.82, 2.24) is 10.1 Å². The van der Waals surface area contributed by atoms with E-state index in [1.807, 2.05) is 31.2 Å². The highest BCUT2D eigenvalue weighted by molar-refractivity contribution is 5.93. The summed E-state index contributed by atoms with van der Waals surface area (Å²) >= 11 is 0. The van der Waals surface area contributed by atoms with E-state index in [1.165, 1.54) is 12.1 Å². The van der Waals surface area contributed by atoms with Crippen molar-refractivity contribution in [1.29, 1.82) is 0 Å². The van der Waals surface area contributed by atoms with Crippen LogP contribution in [0, 0.1) is 5.82 Å². The molecule has 0 radical (unpaired) electrons. The molecule has 0 saturated heterocycles. The van der Waals surface area contributed by atoms with Crippen molar-refractivity contribution in [2.75, 3.05) is 18.6 Å². The van der Waals surface area contributed by atoms with E-state index in [2.05, 4.69) is 10.1 Å².